The highest BCUT2D eigenvalue weighted by molar-refractivity contribution is 7.91. The van der Waals surface area contributed by atoms with Gasteiger partial charge in [0.25, 0.3) is 15.9 Å². The van der Waals surface area contributed by atoms with Crippen molar-refractivity contribution in [2.45, 2.75) is 4.21 Å². The Balaban J connectivity index is 2.05. The molecule has 2 aromatic heterocycles. The molecular formula is C10H8ClN3O3S2. The van der Waals surface area contributed by atoms with E-state index in [-0.39, 0.29) is 9.90 Å². The van der Waals surface area contributed by atoms with Crippen molar-refractivity contribution in [1.82, 2.24) is 15.2 Å². The molecule has 0 radical (unpaired) electrons. The minimum Gasteiger partial charge on any atom is -0.272 e. The molecule has 2 N–H and O–H groups in total. The summed E-state index contributed by atoms with van der Waals surface area (Å²) in [5.41, 5.74) is 2.18. The molecule has 2 rings (SSSR count). The molecule has 19 heavy (non-hydrogen) atoms. The number of hydrogen-bond acceptors (Lipinski definition) is 5. The van der Waals surface area contributed by atoms with Gasteiger partial charge in [-0.15, -0.1) is 16.2 Å². The van der Waals surface area contributed by atoms with E-state index in [0.29, 0.717) is 4.34 Å². The van der Waals surface area contributed by atoms with Crippen LogP contribution >= 0.6 is 22.9 Å². The van der Waals surface area contributed by atoms with Gasteiger partial charge in [-0.3, -0.25) is 15.2 Å². The number of hydrogen-bond donors (Lipinski definition) is 2. The first-order valence-corrected chi connectivity index (χ1v) is 7.65. The quantitative estimate of drug-likeness (QED) is 0.835. The number of sulfonamides is 1. The van der Waals surface area contributed by atoms with E-state index in [9.17, 15) is 13.2 Å². The van der Waals surface area contributed by atoms with E-state index in [2.05, 4.69) is 10.4 Å². The summed E-state index contributed by atoms with van der Waals surface area (Å²) in [6.45, 7) is 0. The lowest BCUT2D eigenvalue weighted by Crippen LogP contribution is -2.41. The second-order valence-electron chi connectivity index (χ2n) is 3.33. The standard InChI is InChI=1S/C10H8ClN3O3S2/c11-8-4-5-9(18-8)19(16,17)14-13-10(15)7-3-1-2-6-12-7/h1-6,14H,(H,13,15). The lowest BCUT2D eigenvalue weighted by Gasteiger charge is -2.06. The first-order chi connectivity index (χ1) is 8.99. The molecule has 0 atom stereocenters. The van der Waals surface area contributed by atoms with Crippen molar-refractivity contribution >= 4 is 38.9 Å². The second kappa shape index (κ2) is 5.66. The van der Waals surface area contributed by atoms with E-state index >= 15 is 0 Å². The first-order valence-electron chi connectivity index (χ1n) is 4.97. The van der Waals surface area contributed by atoms with Crippen LogP contribution in [0.5, 0.6) is 0 Å². The van der Waals surface area contributed by atoms with Crippen molar-refractivity contribution in [1.29, 1.82) is 0 Å². The third-order valence-electron chi connectivity index (χ3n) is 2.01. The zero-order valence-electron chi connectivity index (χ0n) is 9.33. The summed E-state index contributed by atoms with van der Waals surface area (Å²) in [7, 11) is -3.82. The van der Waals surface area contributed by atoms with E-state index < -0.39 is 15.9 Å². The van der Waals surface area contributed by atoms with Gasteiger partial charge in [-0.25, -0.2) is 8.42 Å². The Morgan fingerprint density at radius 3 is 2.63 bits per heavy atom. The molecule has 0 unspecified atom stereocenters. The summed E-state index contributed by atoms with van der Waals surface area (Å²) in [5.74, 6) is -0.646. The molecule has 2 aromatic rings. The highest BCUT2D eigenvalue weighted by Crippen LogP contribution is 2.24. The van der Waals surface area contributed by atoms with Gasteiger partial charge in [-0.1, -0.05) is 17.7 Å². The topological polar surface area (TPSA) is 88.2 Å². The zero-order chi connectivity index (χ0) is 13.9. The molecule has 100 valence electrons. The van der Waals surface area contributed by atoms with Gasteiger partial charge in [0.1, 0.15) is 9.90 Å². The second-order valence-corrected chi connectivity index (χ2v) is 6.96. The Morgan fingerprint density at radius 2 is 2.05 bits per heavy atom. The molecule has 0 saturated carbocycles. The molecule has 0 saturated heterocycles. The lowest BCUT2D eigenvalue weighted by molar-refractivity contribution is 0.0940. The van der Waals surface area contributed by atoms with E-state index in [1.807, 2.05) is 4.83 Å². The molecule has 0 bridgehead atoms. The van der Waals surface area contributed by atoms with Gasteiger partial charge in [0.2, 0.25) is 0 Å². The summed E-state index contributed by atoms with van der Waals surface area (Å²) in [4.78, 5) is 17.4. The molecular weight excluding hydrogens is 310 g/mol. The normalized spacial score (nSPS) is 11.2. The maximum atomic E-state index is 11.8. The third kappa shape index (κ3) is 3.51. The van der Waals surface area contributed by atoms with E-state index in [1.165, 1.54) is 24.4 Å². The number of aromatic nitrogens is 1. The number of thiophene rings is 1. The highest BCUT2D eigenvalue weighted by Gasteiger charge is 2.18. The summed E-state index contributed by atoms with van der Waals surface area (Å²) < 4.78 is 23.9. The average Bonchev–Trinajstić information content (AvgIpc) is 2.85. The van der Waals surface area contributed by atoms with Crippen molar-refractivity contribution in [3.63, 3.8) is 0 Å². The maximum absolute atomic E-state index is 11.8. The Morgan fingerprint density at radius 1 is 1.26 bits per heavy atom. The molecule has 0 fully saturated rings. The van der Waals surface area contributed by atoms with E-state index in [1.54, 1.807) is 12.1 Å². The fourth-order valence-electron chi connectivity index (χ4n) is 1.17. The van der Waals surface area contributed by atoms with Crippen LogP contribution in [0.3, 0.4) is 0 Å². The number of nitrogens with zero attached hydrogens (tertiary/aromatic N) is 1. The maximum Gasteiger partial charge on any atom is 0.284 e. The predicted octanol–water partition coefficient (Wildman–Crippen LogP) is 1.42. The Kier molecular flexibility index (Phi) is 4.15. The monoisotopic (exact) mass is 317 g/mol. The third-order valence-corrected chi connectivity index (χ3v) is 4.98. The number of carbonyl (C=O) groups is 1. The van der Waals surface area contributed by atoms with Crippen LogP contribution in [0.4, 0.5) is 0 Å². The molecule has 0 spiro atoms. The smallest absolute Gasteiger partial charge is 0.272 e. The first kappa shape index (κ1) is 13.9. The molecule has 0 aliphatic rings. The van der Waals surface area contributed by atoms with Crippen LogP contribution in [0.25, 0.3) is 0 Å². The highest BCUT2D eigenvalue weighted by atomic mass is 35.5. The Bertz CT molecular complexity index is 685. The lowest BCUT2D eigenvalue weighted by atomic mass is 10.3. The Hall–Kier alpha value is -1.48. The number of rotatable bonds is 4. The minimum atomic E-state index is -3.82. The largest absolute Gasteiger partial charge is 0.284 e. The van der Waals surface area contributed by atoms with Crippen LogP contribution in [-0.4, -0.2) is 19.3 Å². The van der Waals surface area contributed by atoms with Crippen LogP contribution in [0.2, 0.25) is 4.34 Å². The van der Waals surface area contributed by atoms with Crippen LogP contribution in [0.1, 0.15) is 10.5 Å². The number of pyridine rings is 1. The van der Waals surface area contributed by atoms with Crippen molar-refractivity contribution in [3.8, 4) is 0 Å². The van der Waals surface area contributed by atoms with Crippen molar-refractivity contribution in [2.24, 2.45) is 0 Å². The number of nitrogens with one attached hydrogen (secondary N) is 2. The molecule has 0 aromatic carbocycles. The van der Waals surface area contributed by atoms with Gasteiger partial charge >= 0.3 is 0 Å². The van der Waals surface area contributed by atoms with Gasteiger partial charge in [0.15, 0.2) is 0 Å². The summed E-state index contributed by atoms with van der Waals surface area (Å²) in [6.07, 6.45) is 1.43. The van der Waals surface area contributed by atoms with Crippen LogP contribution in [-0.2, 0) is 10.0 Å². The molecule has 9 heteroatoms. The van der Waals surface area contributed by atoms with Gasteiger partial charge in [0, 0.05) is 6.20 Å². The van der Waals surface area contributed by atoms with Gasteiger partial charge in [0.05, 0.1) is 4.34 Å². The van der Waals surface area contributed by atoms with Crippen LogP contribution in [0, 0.1) is 0 Å². The fraction of sp³-hybridized carbons (Fsp3) is 0. The summed E-state index contributed by atoms with van der Waals surface area (Å²) >= 11 is 6.54. The van der Waals surface area contributed by atoms with Gasteiger partial charge in [-0.2, -0.15) is 0 Å². The van der Waals surface area contributed by atoms with E-state index in [4.69, 9.17) is 11.6 Å². The summed E-state index contributed by atoms with van der Waals surface area (Å²) in [6, 6.07) is 7.54. The average molecular weight is 318 g/mol. The number of amides is 1. The zero-order valence-corrected chi connectivity index (χ0v) is 11.7. The van der Waals surface area contributed by atoms with E-state index in [0.717, 1.165) is 11.3 Å². The van der Waals surface area contributed by atoms with Gasteiger partial charge < -0.3 is 0 Å². The summed E-state index contributed by atoms with van der Waals surface area (Å²) in [5, 5.41) is 0. The molecule has 0 aliphatic carbocycles. The van der Waals surface area contributed by atoms with Crippen LogP contribution < -0.4 is 10.3 Å². The van der Waals surface area contributed by atoms with Crippen molar-refractivity contribution in [2.75, 3.05) is 0 Å². The van der Waals surface area contributed by atoms with Crippen molar-refractivity contribution < 1.29 is 13.2 Å². The van der Waals surface area contributed by atoms with Crippen molar-refractivity contribution in [3.05, 3.63) is 46.6 Å². The number of hydrazine groups is 1. The minimum absolute atomic E-state index is 0.0128. The number of carbonyl (C=O) groups excluding carboxylic acids is 1. The molecule has 6 nitrogen and oxygen atoms in total. The SMILES string of the molecule is O=C(NNS(=O)(=O)c1ccc(Cl)s1)c1ccccn1. The van der Waals surface area contributed by atoms with Gasteiger partial charge in [-0.05, 0) is 24.3 Å². The molecule has 1 amide bonds. The van der Waals surface area contributed by atoms with Crippen LogP contribution in [0.15, 0.2) is 40.7 Å². The Labute approximate surface area is 118 Å². The fourth-order valence-corrected chi connectivity index (χ4v) is 3.49. The molecule has 2 heterocycles. The molecule has 0 aliphatic heterocycles. The predicted molar refractivity (Wildman–Crippen MR) is 71.4 cm³/mol. The number of halogens is 1.